The molecule has 0 aliphatic heterocycles. The van der Waals surface area contributed by atoms with Crippen molar-refractivity contribution in [2.24, 2.45) is 5.73 Å². The summed E-state index contributed by atoms with van der Waals surface area (Å²) < 4.78 is 19.0. The average molecular weight is 280 g/mol. The number of rotatable bonds is 3. The lowest BCUT2D eigenvalue weighted by atomic mass is 9.90. The zero-order chi connectivity index (χ0) is 14.7. The molecular formula is C15H21FN2O2. The predicted octanol–water partition coefficient (Wildman–Crippen LogP) is 2.18. The Morgan fingerprint density at radius 3 is 2.60 bits per heavy atom. The highest BCUT2D eigenvalue weighted by Crippen LogP contribution is 2.27. The van der Waals surface area contributed by atoms with Gasteiger partial charge >= 0.3 is 0 Å². The zero-order valence-electron chi connectivity index (χ0n) is 11.9. The highest BCUT2D eigenvalue weighted by atomic mass is 19.1. The molecule has 0 unspecified atom stereocenters. The van der Waals surface area contributed by atoms with Crippen LogP contribution in [0, 0.1) is 5.82 Å². The average Bonchev–Trinajstić information content (AvgIpc) is 2.46. The topological polar surface area (TPSA) is 55.6 Å². The third-order valence-corrected chi connectivity index (χ3v) is 4.02. The molecule has 20 heavy (non-hydrogen) atoms. The molecule has 0 aromatic heterocycles. The van der Waals surface area contributed by atoms with E-state index in [2.05, 4.69) is 0 Å². The SMILES string of the molecule is COc1cccc(F)c1C(=O)N(C)C1CCC(N)CC1. The summed E-state index contributed by atoms with van der Waals surface area (Å²) >= 11 is 0. The molecule has 1 amide bonds. The second-order valence-corrected chi connectivity index (χ2v) is 5.30. The molecule has 2 rings (SSSR count). The summed E-state index contributed by atoms with van der Waals surface area (Å²) in [5.74, 6) is -0.608. The van der Waals surface area contributed by atoms with Gasteiger partial charge < -0.3 is 15.4 Å². The number of methoxy groups -OCH3 is 1. The minimum Gasteiger partial charge on any atom is -0.496 e. The normalized spacial score (nSPS) is 22.4. The van der Waals surface area contributed by atoms with Gasteiger partial charge in [-0.1, -0.05) is 6.07 Å². The number of carbonyl (C=O) groups excluding carboxylic acids is 1. The summed E-state index contributed by atoms with van der Waals surface area (Å²) in [7, 11) is 3.15. The van der Waals surface area contributed by atoms with Crippen LogP contribution in [0.15, 0.2) is 18.2 Å². The highest BCUT2D eigenvalue weighted by Gasteiger charge is 2.28. The first kappa shape index (κ1) is 14.8. The molecule has 1 fully saturated rings. The van der Waals surface area contributed by atoms with Gasteiger partial charge in [0, 0.05) is 19.1 Å². The van der Waals surface area contributed by atoms with Crippen molar-refractivity contribution in [2.75, 3.05) is 14.2 Å². The van der Waals surface area contributed by atoms with Crippen LogP contribution in [-0.2, 0) is 0 Å². The van der Waals surface area contributed by atoms with Gasteiger partial charge in [0.15, 0.2) is 0 Å². The van der Waals surface area contributed by atoms with Crippen molar-refractivity contribution in [3.05, 3.63) is 29.6 Å². The zero-order valence-corrected chi connectivity index (χ0v) is 11.9. The van der Waals surface area contributed by atoms with Gasteiger partial charge in [-0.2, -0.15) is 0 Å². The smallest absolute Gasteiger partial charge is 0.260 e. The van der Waals surface area contributed by atoms with Crippen LogP contribution in [0.2, 0.25) is 0 Å². The Morgan fingerprint density at radius 2 is 2.00 bits per heavy atom. The van der Waals surface area contributed by atoms with Gasteiger partial charge in [-0.25, -0.2) is 4.39 Å². The predicted molar refractivity (Wildman–Crippen MR) is 75.3 cm³/mol. The monoisotopic (exact) mass is 280 g/mol. The Morgan fingerprint density at radius 1 is 1.35 bits per heavy atom. The van der Waals surface area contributed by atoms with E-state index in [1.165, 1.54) is 19.2 Å². The lowest BCUT2D eigenvalue weighted by molar-refractivity contribution is 0.0681. The van der Waals surface area contributed by atoms with E-state index < -0.39 is 5.82 Å². The Labute approximate surface area is 118 Å². The molecule has 4 nitrogen and oxygen atoms in total. The van der Waals surface area contributed by atoms with Crippen LogP contribution in [0.5, 0.6) is 5.75 Å². The largest absolute Gasteiger partial charge is 0.496 e. The van der Waals surface area contributed by atoms with E-state index in [1.807, 2.05) is 0 Å². The van der Waals surface area contributed by atoms with Crippen LogP contribution in [0.1, 0.15) is 36.0 Å². The van der Waals surface area contributed by atoms with Gasteiger partial charge in [0.25, 0.3) is 5.91 Å². The Hall–Kier alpha value is -1.62. The second kappa shape index (κ2) is 6.22. The standard InChI is InChI=1S/C15H21FN2O2/c1-18(11-8-6-10(17)7-9-11)15(19)14-12(16)4-3-5-13(14)20-2/h3-5,10-11H,6-9,17H2,1-2H3. The number of nitrogens with two attached hydrogens (primary N) is 1. The van der Waals surface area contributed by atoms with Crippen molar-refractivity contribution in [1.82, 2.24) is 4.90 Å². The van der Waals surface area contributed by atoms with Gasteiger partial charge in [-0.05, 0) is 37.8 Å². The quantitative estimate of drug-likeness (QED) is 0.923. The first-order valence-corrected chi connectivity index (χ1v) is 6.89. The molecule has 110 valence electrons. The Kier molecular flexibility index (Phi) is 4.60. The first-order valence-electron chi connectivity index (χ1n) is 6.89. The van der Waals surface area contributed by atoms with Gasteiger partial charge in [0.2, 0.25) is 0 Å². The maximum Gasteiger partial charge on any atom is 0.260 e. The highest BCUT2D eigenvalue weighted by molar-refractivity contribution is 5.97. The van der Waals surface area contributed by atoms with E-state index in [-0.39, 0.29) is 29.3 Å². The van der Waals surface area contributed by atoms with Crippen molar-refractivity contribution < 1.29 is 13.9 Å². The van der Waals surface area contributed by atoms with E-state index in [1.54, 1.807) is 18.0 Å². The molecule has 1 aliphatic carbocycles. The first-order chi connectivity index (χ1) is 9.54. The molecule has 0 bridgehead atoms. The van der Waals surface area contributed by atoms with E-state index >= 15 is 0 Å². The maximum absolute atomic E-state index is 13.9. The maximum atomic E-state index is 13.9. The summed E-state index contributed by atoms with van der Waals surface area (Å²) in [5.41, 5.74) is 5.88. The fraction of sp³-hybridized carbons (Fsp3) is 0.533. The molecule has 0 atom stereocenters. The molecule has 0 radical (unpaired) electrons. The van der Waals surface area contributed by atoms with Crippen LogP contribution in [0.4, 0.5) is 4.39 Å². The molecule has 1 aliphatic rings. The van der Waals surface area contributed by atoms with Gasteiger partial charge in [-0.3, -0.25) is 4.79 Å². The number of ether oxygens (including phenoxy) is 1. The molecular weight excluding hydrogens is 259 g/mol. The fourth-order valence-electron chi connectivity index (χ4n) is 2.71. The minimum absolute atomic E-state index is 0.00683. The third-order valence-electron chi connectivity index (χ3n) is 4.02. The minimum atomic E-state index is -0.547. The van der Waals surface area contributed by atoms with Crippen molar-refractivity contribution in [3.63, 3.8) is 0 Å². The lowest BCUT2D eigenvalue weighted by Gasteiger charge is -2.33. The van der Waals surface area contributed by atoms with Crippen LogP contribution in [0.3, 0.4) is 0 Å². The van der Waals surface area contributed by atoms with Gasteiger partial charge in [0.05, 0.1) is 7.11 Å². The summed E-state index contributed by atoms with van der Waals surface area (Å²) in [6, 6.07) is 4.75. The van der Waals surface area contributed by atoms with Crippen LogP contribution >= 0.6 is 0 Å². The number of halogens is 1. The molecule has 0 heterocycles. The van der Waals surface area contributed by atoms with E-state index in [0.29, 0.717) is 0 Å². The van der Waals surface area contributed by atoms with E-state index in [9.17, 15) is 9.18 Å². The fourth-order valence-corrected chi connectivity index (χ4v) is 2.71. The van der Waals surface area contributed by atoms with Crippen LogP contribution < -0.4 is 10.5 Å². The summed E-state index contributed by atoms with van der Waals surface area (Å²) in [5, 5.41) is 0. The number of hydrogen-bond acceptors (Lipinski definition) is 3. The molecule has 0 spiro atoms. The summed E-state index contributed by atoms with van der Waals surface area (Å²) in [6.45, 7) is 0. The second-order valence-electron chi connectivity index (χ2n) is 5.30. The molecule has 0 saturated heterocycles. The van der Waals surface area contributed by atoms with Gasteiger partial charge in [-0.15, -0.1) is 0 Å². The summed E-state index contributed by atoms with van der Waals surface area (Å²) in [6.07, 6.45) is 3.52. The number of amides is 1. The van der Waals surface area contributed by atoms with Crippen LogP contribution in [0.25, 0.3) is 0 Å². The lowest BCUT2D eigenvalue weighted by Crippen LogP contribution is -2.42. The molecule has 1 saturated carbocycles. The Balaban J connectivity index is 2.18. The van der Waals surface area contributed by atoms with Crippen molar-refractivity contribution in [2.45, 2.75) is 37.8 Å². The van der Waals surface area contributed by atoms with E-state index in [0.717, 1.165) is 25.7 Å². The van der Waals surface area contributed by atoms with Crippen molar-refractivity contribution in [3.8, 4) is 5.75 Å². The number of carbonyl (C=O) groups is 1. The third kappa shape index (κ3) is 2.93. The number of benzene rings is 1. The van der Waals surface area contributed by atoms with Crippen molar-refractivity contribution >= 4 is 5.91 Å². The molecule has 5 heteroatoms. The molecule has 1 aromatic rings. The Bertz CT molecular complexity index is 485. The molecule has 2 N–H and O–H groups in total. The van der Waals surface area contributed by atoms with Crippen molar-refractivity contribution in [1.29, 1.82) is 0 Å². The number of hydrogen-bond donors (Lipinski definition) is 1. The number of nitrogens with zero attached hydrogens (tertiary/aromatic N) is 1. The molecule has 1 aromatic carbocycles. The van der Waals surface area contributed by atoms with Gasteiger partial charge in [0.1, 0.15) is 17.1 Å². The van der Waals surface area contributed by atoms with Crippen LogP contribution in [-0.4, -0.2) is 37.0 Å². The van der Waals surface area contributed by atoms with E-state index in [4.69, 9.17) is 10.5 Å². The summed E-state index contributed by atoms with van der Waals surface area (Å²) in [4.78, 5) is 14.1.